The van der Waals surface area contributed by atoms with Crippen LogP contribution in [0.4, 0.5) is 17.2 Å². The van der Waals surface area contributed by atoms with Gasteiger partial charge < -0.3 is 20.4 Å². The van der Waals surface area contributed by atoms with Crippen LogP contribution >= 0.6 is 0 Å². The molecule has 2 N–H and O–H groups in total. The number of piperidine rings is 1. The van der Waals surface area contributed by atoms with Crippen LogP contribution in [-0.2, 0) is 11.8 Å². The van der Waals surface area contributed by atoms with Crippen molar-refractivity contribution in [2.24, 2.45) is 0 Å². The van der Waals surface area contributed by atoms with Crippen LogP contribution in [0.5, 0.6) is 0 Å². The summed E-state index contributed by atoms with van der Waals surface area (Å²) < 4.78 is 0. The third-order valence-corrected chi connectivity index (χ3v) is 7.13. The second-order valence-corrected chi connectivity index (χ2v) is 9.03. The highest BCUT2D eigenvalue weighted by Crippen LogP contribution is 2.49. The SMILES string of the molecule is C=C1Nc2cc(CCCN3CCC4(CC3)C(=C)Nc3ccc(C)cc34)cnc2N1C. The Morgan fingerprint density at radius 3 is 2.70 bits per heavy atom. The van der Waals surface area contributed by atoms with Gasteiger partial charge in [0.15, 0.2) is 5.82 Å². The molecule has 5 rings (SSSR count). The largest absolute Gasteiger partial charge is 0.358 e. The summed E-state index contributed by atoms with van der Waals surface area (Å²) in [6.45, 7) is 14.0. The van der Waals surface area contributed by atoms with E-state index in [2.05, 4.69) is 64.9 Å². The molecule has 0 atom stereocenters. The van der Waals surface area contributed by atoms with Gasteiger partial charge in [0.2, 0.25) is 0 Å². The lowest BCUT2D eigenvalue weighted by Gasteiger charge is -2.40. The Labute approximate surface area is 179 Å². The number of hydrogen-bond acceptors (Lipinski definition) is 5. The van der Waals surface area contributed by atoms with Crippen LogP contribution < -0.4 is 15.5 Å². The van der Waals surface area contributed by atoms with Crippen LogP contribution in [0, 0.1) is 6.92 Å². The quantitative estimate of drug-likeness (QED) is 0.782. The van der Waals surface area contributed by atoms with E-state index in [1.807, 2.05) is 18.1 Å². The van der Waals surface area contributed by atoms with Gasteiger partial charge in [0.25, 0.3) is 0 Å². The maximum absolute atomic E-state index is 4.61. The van der Waals surface area contributed by atoms with E-state index in [1.54, 1.807) is 0 Å². The molecule has 0 aliphatic carbocycles. The van der Waals surface area contributed by atoms with E-state index in [9.17, 15) is 0 Å². The average Bonchev–Trinajstić information content (AvgIpc) is 3.17. The Morgan fingerprint density at radius 2 is 1.90 bits per heavy atom. The molecule has 3 aliphatic heterocycles. The zero-order valence-electron chi connectivity index (χ0n) is 18.1. The van der Waals surface area contributed by atoms with Crippen molar-refractivity contribution in [1.29, 1.82) is 0 Å². The van der Waals surface area contributed by atoms with E-state index in [1.165, 1.54) is 28.1 Å². The summed E-state index contributed by atoms with van der Waals surface area (Å²) in [6, 6.07) is 8.97. The Hall–Kier alpha value is -2.79. The minimum atomic E-state index is 0.113. The van der Waals surface area contributed by atoms with Gasteiger partial charge in [0.1, 0.15) is 5.82 Å². The first-order valence-electron chi connectivity index (χ1n) is 10.9. The van der Waals surface area contributed by atoms with E-state index in [4.69, 9.17) is 0 Å². The summed E-state index contributed by atoms with van der Waals surface area (Å²) >= 11 is 0. The summed E-state index contributed by atoms with van der Waals surface area (Å²) in [4.78, 5) is 9.22. The number of benzene rings is 1. The maximum Gasteiger partial charge on any atom is 0.157 e. The highest BCUT2D eigenvalue weighted by Gasteiger charge is 2.44. The van der Waals surface area contributed by atoms with Crippen molar-refractivity contribution >= 4 is 17.2 Å². The number of aromatic nitrogens is 1. The van der Waals surface area contributed by atoms with Gasteiger partial charge in [-0.05, 0) is 75.5 Å². The van der Waals surface area contributed by atoms with E-state index in [0.29, 0.717) is 0 Å². The minimum absolute atomic E-state index is 0.113. The average molecular weight is 402 g/mol. The van der Waals surface area contributed by atoms with Crippen molar-refractivity contribution in [3.05, 3.63) is 71.8 Å². The number of fused-ring (bicyclic) bond motifs is 3. The predicted molar refractivity (Wildman–Crippen MR) is 125 cm³/mol. The van der Waals surface area contributed by atoms with E-state index >= 15 is 0 Å². The van der Waals surface area contributed by atoms with Gasteiger partial charge in [-0.2, -0.15) is 0 Å². The van der Waals surface area contributed by atoms with Crippen LogP contribution in [-0.4, -0.2) is 36.6 Å². The molecule has 1 fully saturated rings. The maximum atomic E-state index is 4.61. The number of anilines is 3. The summed E-state index contributed by atoms with van der Waals surface area (Å²) in [7, 11) is 1.99. The number of hydrogen-bond donors (Lipinski definition) is 2. The first-order chi connectivity index (χ1) is 14.5. The molecule has 4 heterocycles. The molecule has 0 amide bonds. The fourth-order valence-electron chi connectivity index (χ4n) is 5.21. The smallest absolute Gasteiger partial charge is 0.157 e. The third kappa shape index (κ3) is 3.08. The monoisotopic (exact) mass is 401 g/mol. The molecule has 1 spiro atoms. The van der Waals surface area contributed by atoms with Crippen LogP contribution in [0.25, 0.3) is 0 Å². The lowest BCUT2D eigenvalue weighted by Crippen LogP contribution is -2.43. The fraction of sp³-hybridized carbons (Fsp3) is 0.400. The Bertz CT molecular complexity index is 1020. The number of likely N-dealkylation sites (tertiary alicyclic amines) is 1. The van der Waals surface area contributed by atoms with Crippen molar-refractivity contribution in [2.75, 3.05) is 42.2 Å². The standard InChI is InChI=1S/C25H31N5/c1-17-7-8-22-21(14-17)25(18(2)27-22)9-12-30(13-10-25)11-5-6-20-15-23-24(26-16-20)29(4)19(3)28-23/h7-8,14-16,27-28H,2-3,5-6,9-13H2,1,4H3. The van der Waals surface area contributed by atoms with Crippen LogP contribution in [0.1, 0.15) is 36.0 Å². The second kappa shape index (κ2) is 7.17. The molecule has 0 bridgehead atoms. The van der Waals surface area contributed by atoms with Gasteiger partial charge in [0, 0.05) is 30.0 Å². The molecule has 5 heteroatoms. The summed E-state index contributed by atoms with van der Waals surface area (Å²) in [6.07, 6.45) is 6.51. The van der Waals surface area contributed by atoms with Crippen molar-refractivity contribution in [2.45, 2.75) is 38.0 Å². The highest BCUT2D eigenvalue weighted by atomic mass is 15.3. The van der Waals surface area contributed by atoms with Crippen molar-refractivity contribution < 1.29 is 0 Å². The molecule has 3 aliphatic rings. The molecular weight excluding hydrogens is 370 g/mol. The van der Waals surface area contributed by atoms with Crippen molar-refractivity contribution in [3.8, 4) is 0 Å². The molecule has 0 unspecified atom stereocenters. The number of rotatable bonds is 4. The molecule has 1 saturated heterocycles. The van der Waals surface area contributed by atoms with Gasteiger partial charge >= 0.3 is 0 Å². The minimum Gasteiger partial charge on any atom is -0.358 e. The summed E-state index contributed by atoms with van der Waals surface area (Å²) in [5.74, 6) is 1.85. The van der Waals surface area contributed by atoms with Crippen LogP contribution in [0.3, 0.4) is 0 Å². The predicted octanol–water partition coefficient (Wildman–Crippen LogP) is 4.63. The lowest BCUT2D eigenvalue weighted by molar-refractivity contribution is 0.179. The summed E-state index contributed by atoms with van der Waals surface area (Å²) in [5.41, 5.74) is 7.70. The number of nitrogens with zero attached hydrogens (tertiary/aromatic N) is 3. The van der Waals surface area contributed by atoms with E-state index in [0.717, 1.165) is 62.6 Å². The highest BCUT2D eigenvalue weighted by molar-refractivity contribution is 5.77. The van der Waals surface area contributed by atoms with E-state index < -0.39 is 0 Å². The zero-order valence-corrected chi connectivity index (χ0v) is 18.1. The molecule has 0 radical (unpaired) electrons. The second-order valence-electron chi connectivity index (χ2n) is 9.03. The fourth-order valence-corrected chi connectivity index (χ4v) is 5.21. The zero-order chi connectivity index (χ0) is 20.9. The molecule has 30 heavy (non-hydrogen) atoms. The molecule has 2 aromatic rings. The van der Waals surface area contributed by atoms with Gasteiger partial charge in [-0.3, -0.25) is 0 Å². The van der Waals surface area contributed by atoms with Crippen molar-refractivity contribution in [1.82, 2.24) is 9.88 Å². The Kier molecular flexibility index (Phi) is 4.58. The lowest BCUT2D eigenvalue weighted by atomic mass is 9.72. The molecule has 1 aromatic carbocycles. The first-order valence-corrected chi connectivity index (χ1v) is 10.9. The van der Waals surface area contributed by atoms with Crippen LogP contribution in [0.2, 0.25) is 0 Å². The normalized spacial score (nSPS) is 19.6. The number of aryl methyl sites for hydroxylation is 2. The first kappa shape index (κ1) is 19.2. The molecule has 0 saturated carbocycles. The number of nitrogens with one attached hydrogen (secondary N) is 2. The Balaban J connectivity index is 1.17. The van der Waals surface area contributed by atoms with Gasteiger partial charge in [0.05, 0.1) is 5.69 Å². The third-order valence-electron chi connectivity index (χ3n) is 7.13. The topological polar surface area (TPSA) is 43.4 Å². The molecule has 5 nitrogen and oxygen atoms in total. The van der Waals surface area contributed by atoms with Crippen molar-refractivity contribution in [3.63, 3.8) is 0 Å². The van der Waals surface area contributed by atoms with E-state index in [-0.39, 0.29) is 5.41 Å². The number of pyridine rings is 1. The van der Waals surface area contributed by atoms with Crippen LogP contribution in [0.15, 0.2) is 55.1 Å². The van der Waals surface area contributed by atoms with Gasteiger partial charge in [-0.25, -0.2) is 4.98 Å². The number of allylic oxidation sites excluding steroid dienone is 1. The Morgan fingerprint density at radius 1 is 1.10 bits per heavy atom. The molecular formula is C25H31N5. The molecule has 1 aromatic heterocycles. The summed E-state index contributed by atoms with van der Waals surface area (Å²) in [5, 5.41) is 6.87. The van der Waals surface area contributed by atoms with Gasteiger partial charge in [-0.15, -0.1) is 0 Å². The molecule has 156 valence electrons. The van der Waals surface area contributed by atoms with Gasteiger partial charge in [-0.1, -0.05) is 30.9 Å².